The van der Waals surface area contributed by atoms with Crippen LogP contribution in [0.4, 0.5) is 0 Å². The first-order valence-corrected chi connectivity index (χ1v) is 6.38. The van der Waals surface area contributed by atoms with Gasteiger partial charge in [-0.15, -0.1) is 0 Å². The lowest BCUT2D eigenvalue weighted by Gasteiger charge is -2.47. The molecule has 1 saturated carbocycles. The monoisotopic (exact) mass is 204 g/mol. The molecule has 0 nitrogen and oxygen atoms in total. The zero-order valence-electron chi connectivity index (χ0n) is 10.4. The van der Waals surface area contributed by atoms with E-state index in [1.807, 2.05) is 0 Å². The van der Waals surface area contributed by atoms with Gasteiger partial charge in [0.15, 0.2) is 0 Å². The smallest absolute Gasteiger partial charge is 0.00255 e. The number of fused-ring (bicyclic) bond motifs is 1. The maximum Gasteiger partial charge on any atom is -0.00255 e. The van der Waals surface area contributed by atoms with Crippen LogP contribution in [-0.2, 0) is 0 Å². The van der Waals surface area contributed by atoms with Crippen molar-refractivity contribution in [2.45, 2.75) is 46.5 Å². The van der Waals surface area contributed by atoms with E-state index in [1.165, 1.54) is 31.3 Å². The highest BCUT2D eigenvalue weighted by Crippen LogP contribution is 2.51. The lowest BCUT2D eigenvalue weighted by molar-refractivity contribution is 0.0860. The standard InChI is InChI=1S/C15H24/c1-11(2)13-7-9-15(4)8-5-6-12(3)14(15)10-13/h7,9,12-14H,1,5-6,8,10H2,2-4H3. The minimum atomic E-state index is 0.490. The Bertz CT molecular complexity index is 286. The third-order valence-corrected chi connectivity index (χ3v) is 4.76. The fourth-order valence-electron chi connectivity index (χ4n) is 3.60. The SMILES string of the molecule is C=C(C)C1C=CC2(C)CCCC(C)C2C1. The first-order chi connectivity index (χ1) is 7.03. The molecule has 0 heteroatoms. The summed E-state index contributed by atoms with van der Waals surface area (Å²) in [6, 6.07) is 0. The molecule has 1 fully saturated rings. The van der Waals surface area contributed by atoms with Crippen LogP contribution in [0.25, 0.3) is 0 Å². The summed E-state index contributed by atoms with van der Waals surface area (Å²) in [6.07, 6.45) is 10.5. The maximum absolute atomic E-state index is 4.11. The second kappa shape index (κ2) is 3.81. The summed E-state index contributed by atoms with van der Waals surface area (Å²) in [4.78, 5) is 0. The van der Waals surface area contributed by atoms with E-state index in [0.29, 0.717) is 11.3 Å². The Labute approximate surface area is 94.5 Å². The number of rotatable bonds is 1. The fraction of sp³-hybridized carbons (Fsp3) is 0.733. The molecule has 0 aromatic carbocycles. The van der Waals surface area contributed by atoms with Gasteiger partial charge in [0.2, 0.25) is 0 Å². The third-order valence-electron chi connectivity index (χ3n) is 4.76. The molecule has 4 atom stereocenters. The summed E-state index contributed by atoms with van der Waals surface area (Å²) in [7, 11) is 0. The van der Waals surface area contributed by atoms with Crippen molar-refractivity contribution in [3.8, 4) is 0 Å². The van der Waals surface area contributed by atoms with Gasteiger partial charge >= 0.3 is 0 Å². The van der Waals surface area contributed by atoms with Gasteiger partial charge in [-0.25, -0.2) is 0 Å². The molecule has 0 bridgehead atoms. The van der Waals surface area contributed by atoms with Crippen LogP contribution < -0.4 is 0 Å². The zero-order chi connectivity index (χ0) is 11.1. The van der Waals surface area contributed by atoms with Gasteiger partial charge in [0.05, 0.1) is 0 Å². The van der Waals surface area contributed by atoms with Gasteiger partial charge in [-0.3, -0.25) is 0 Å². The van der Waals surface area contributed by atoms with E-state index in [2.05, 4.69) is 39.5 Å². The molecule has 2 aliphatic rings. The Kier molecular flexibility index (Phi) is 2.79. The average Bonchev–Trinajstić information content (AvgIpc) is 2.17. The van der Waals surface area contributed by atoms with Gasteiger partial charge in [-0.1, -0.05) is 51.0 Å². The Morgan fingerprint density at radius 3 is 2.87 bits per heavy atom. The van der Waals surface area contributed by atoms with Gasteiger partial charge in [-0.05, 0) is 42.9 Å². The molecule has 4 unspecified atom stereocenters. The Hall–Kier alpha value is -0.520. The van der Waals surface area contributed by atoms with Crippen molar-refractivity contribution in [2.75, 3.05) is 0 Å². The van der Waals surface area contributed by atoms with Crippen molar-refractivity contribution in [2.24, 2.45) is 23.2 Å². The maximum atomic E-state index is 4.11. The van der Waals surface area contributed by atoms with E-state index in [9.17, 15) is 0 Å². The topological polar surface area (TPSA) is 0 Å². The molecule has 0 spiro atoms. The third kappa shape index (κ3) is 1.91. The minimum Gasteiger partial charge on any atom is -0.0995 e. The molecular formula is C15H24. The molecule has 84 valence electrons. The quantitative estimate of drug-likeness (QED) is 0.548. The molecule has 0 aromatic heterocycles. The van der Waals surface area contributed by atoms with Crippen molar-refractivity contribution in [3.63, 3.8) is 0 Å². The Morgan fingerprint density at radius 1 is 1.47 bits per heavy atom. The van der Waals surface area contributed by atoms with Crippen LogP contribution >= 0.6 is 0 Å². The molecule has 2 aliphatic carbocycles. The van der Waals surface area contributed by atoms with Crippen LogP contribution in [0.5, 0.6) is 0 Å². The Morgan fingerprint density at radius 2 is 2.20 bits per heavy atom. The molecule has 0 radical (unpaired) electrons. The van der Waals surface area contributed by atoms with Crippen molar-refractivity contribution in [1.82, 2.24) is 0 Å². The second-order valence-electron chi connectivity index (χ2n) is 6.03. The first kappa shape index (κ1) is 11.0. The molecule has 0 aromatic rings. The van der Waals surface area contributed by atoms with Gasteiger partial charge in [-0.2, -0.15) is 0 Å². The summed E-state index contributed by atoms with van der Waals surface area (Å²) in [5.74, 6) is 2.43. The molecule has 0 saturated heterocycles. The first-order valence-electron chi connectivity index (χ1n) is 6.38. The van der Waals surface area contributed by atoms with E-state index < -0.39 is 0 Å². The fourth-order valence-corrected chi connectivity index (χ4v) is 3.60. The van der Waals surface area contributed by atoms with Crippen LogP contribution in [0, 0.1) is 23.2 Å². The summed E-state index contributed by atoms with van der Waals surface area (Å²) in [6.45, 7) is 11.2. The highest BCUT2D eigenvalue weighted by atomic mass is 14.5. The van der Waals surface area contributed by atoms with E-state index in [-0.39, 0.29) is 0 Å². The van der Waals surface area contributed by atoms with E-state index in [1.54, 1.807) is 0 Å². The van der Waals surface area contributed by atoms with Crippen LogP contribution in [0.1, 0.15) is 46.5 Å². The van der Waals surface area contributed by atoms with Gasteiger partial charge < -0.3 is 0 Å². The number of hydrogen-bond acceptors (Lipinski definition) is 0. The second-order valence-corrected chi connectivity index (χ2v) is 6.03. The lowest BCUT2D eigenvalue weighted by atomic mass is 9.57. The minimum absolute atomic E-state index is 0.490. The van der Waals surface area contributed by atoms with E-state index in [0.717, 1.165) is 11.8 Å². The lowest BCUT2D eigenvalue weighted by Crippen LogP contribution is -2.38. The van der Waals surface area contributed by atoms with Gasteiger partial charge in [0.1, 0.15) is 0 Å². The van der Waals surface area contributed by atoms with Crippen molar-refractivity contribution >= 4 is 0 Å². The van der Waals surface area contributed by atoms with Crippen LogP contribution in [0.2, 0.25) is 0 Å². The molecule has 2 rings (SSSR count). The molecule has 0 N–H and O–H groups in total. The van der Waals surface area contributed by atoms with Crippen LogP contribution in [0.15, 0.2) is 24.3 Å². The molecule has 15 heavy (non-hydrogen) atoms. The zero-order valence-corrected chi connectivity index (χ0v) is 10.4. The summed E-state index contributed by atoms with van der Waals surface area (Å²) >= 11 is 0. The predicted molar refractivity (Wildman–Crippen MR) is 66.7 cm³/mol. The highest BCUT2D eigenvalue weighted by molar-refractivity contribution is 5.17. The summed E-state index contributed by atoms with van der Waals surface area (Å²) in [5, 5.41) is 0. The highest BCUT2D eigenvalue weighted by Gasteiger charge is 2.41. The van der Waals surface area contributed by atoms with Crippen molar-refractivity contribution in [1.29, 1.82) is 0 Å². The Balaban J connectivity index is 2.23. The van der Waals surface area contributed by atoms with Gasteiger partial charge in [0.25, 0.3) is 0 Å². The van der Waals surface area contributed by atoms with Crippen molar-refractivity contribution < 1.29 is 0 Å². The molecule has 0 aliphatic heterocycles. The van der Waals surface area contributed by atoms with Crippen molar-refractivity contribution in [3.05, 3.63) is 24.3 Å². The normalized spacial score (nSPS) is 44.9. The summed E-state index contributed by atoms with van der Waals surface area (Å²) in [5.41, 5.74) is 1.83. The molecular weight excluding hydrogens is 180 g/mol. The van der Waals surface area contributed by atoms with E-state index in [4.69, 9.17) is 0 Å². The number of hydrogen-bond donors (Lipinski definition) is 0. The van der Waals surface area contributed by atoms with Gasteiger partial charge in [0, 0.05) is 0 Å². The largest absolute Gasteiger partial charge is 0.0995 e. The summed E-state index contributed by atoms with van der Waals surface area (Å²) < 4.78 is 0. The van der Waals surface area contributed by atoms with Crippen LogP contribution in [-0.4, -0.2) is 0 Å². The predicted octanol–water partition coefficient (Wildman–Crippen LogP) is 4.58. The van der Waals surface area contributed by atoms with Crippen LogP contribution in [0.3, 0.4) is 0 Å². The number of allylic oxidation sites excluding steroid dienone is 3. The molecule has 0 amide bonds. The molecule has 0 heterocycles. The van der Waals surface area contributed by atoms with E-state index >= 15 is 0 Å². The average molecular weight is 204 g/mol.